The van der Waals surface area contributed by atoms with Crippen molar-refractivity contribution in [3.63, 3.8) is 0 Å². The van der Waals surface area contributed by atoms with Crippen molar-refractivity contribution < 1.29 is 36.5 Å². The van der Waals surface area contributed by atoms with Crippen LogP contribution in [-0.4, -0.2) is 76.4 Å². The Morgan fingerprint density at radius 1 is 0.867 bits per heavy atom. The molecule has 0 aliphatic carbocycles. The number of unbranched alkanes of at least 4 members (excludes halogenated alkanes) is 1. The summed E-state index contributed by atoms with van der Waals surface area (Å²) in [5.74, 6) is -0.881. The van der Waals surface area contributed by atoms with E-state index in [-0.39, 0.29) is 0 Å². The van der Waals surface area contributed by atoms with Crippen LogP contribution in [0, 0.1) is 0 Å². The summed E-state index contributed by atoms with van der Waals surface area (Å²) in [5.41, 5.74) is 5.84. The smallest absolute Gasteiger partial charge is 0.478 e. The highest BCUT2D eigenvalue weighted by Gasteiger charge is 2.39. The summed E-state index contributed by atoms with van der Waals surface area (Å²) in [6.45, 7) is 10.0. The van der Waals surface area contributed by atoms with Gasteiger partial charge in [0.15, 0.2) is 0 Å². The third-order valence-corrected chi connectivity index (χ3v) is 10.2. The van der Waals surface area contributed by atoms with Crippen molar-refractivity contribution in [1.29, 1.82) is 0 Å². The van der Waals surface area contributed by atoms with E-state index >= 15 is 0 Å². The monoisotopic (exact) mass is 469 g/mol. The Labute approximate surface area is 184 Å². The van der Waals surface area contributed by atoms with E-state index in [0.29, 0.717) is 44.4 Å². The molecule has 0 unspecified atom stereocenters. The topological polar surface area (TPSA) is 119 Å². The van der Waals surface area contributed by atoms with E-state index in [2.05, 4.69) is 0 Å². The van der Waals surface area contributed by atoms with Gasteiger partial charge < -0.3 is 37.4 Å². The lowest BCUT2D eigenvalue weighted by atomic mass is 10.2. The molecular weight excluding hydrogens is 426 g/mol. The number of rotatable bonds is 17. The zero-order chi connectivity index (χ0) is 23.5. The fourth-order valence-electron chi connectivity index (χ4n) is 2.60. The van der Waals surface area contributed by atoms with Gasteiger partial charge in [-0.05, 0) is 53.5 Å². The molecule has 0 bridgehead atoms. The minimum absolute atomic E-state index is 0.361. The van der Waals surface area contributed by atoms with Gasteiger partial charge in [0.1, 0.15) is 0 Å². The van der Waals surface area contributed by atoms with Crippen LogP contribution in [0.25, 0.3) is 0 Å². The molecule has 0 saturated heterocycles. The minimum Gasteiger partial charge on any atom is -0.478 e. The first kappa shape index (κ1) is 31.5. The van der Waals surface area contributed by atoms with Crippen molar-refractivity contribution in [2.75, 3.05) is 47.7 Å². The van der Waals surface area contributed by atoms with Gasteiger partial charge in [0.2, 0.25) is 0 Å². The SMILES string of the molecule is CCO[Si](CCCN)(OCC)OCC.CO[Si](CCC/C=C(\C)C(=O)O)(OC)OC. The lowest BCUT2D eigenvalue weighted by molar-refractivity contribution is -0.132. The molecule has 0 atom stereocenters. The maximum atomic E-state index is 10.5. The molecule has 0 aliphatic heterocycles. The number of nitrogens with two attached hydrogens (primary N) is 1. The number of carboxylic acid groups (broad SMARTS) is 1. The molecule has 3 N–H and O–H groups in total. The Morgan fingerprint density at radius 3 is 1.63 bits per heavy atom. The second-order valence-corrected chi connectivity index (χ2v) is 12.1. The van der Waals surface area contributed by atoms with Crippen LogP contribution in [-0.2, 0) is 31.4 Å². The highest BCUT2D eigenvalue weighted by atomic mass is 28.4. The summed E-state index contributed by atoms with van der Waals surface area (Å²) in [5, 5.41) is 8.65. The van der Waals surface area contributed by atoms with E-state index in [1.807, 2.05) is 20.8 Å². The number of allylic oxidation sites excluding steroid dienone is 1. The molecule has 0 rings (SSSR count). The van der Waals surface area contributed by atoms with Gasteiger partial charge in [-0.1, -0.05) is 6.08 Å². The fraction of sp³-hybridized carbons (Fsp3) is 0.842. The van der Waals surface area contributed by atoms with Gasteiger partial charge in [-0.15, -0.1) is 0 Å². The Balaban J connectivity index is 0. The van der Waals surface area contributed by atoms with Gasteiger partial charge in [0.25, 0.3) is 0 Å². The van der Waals surface area contributed by atoms with Gasteiger partial charge in [-0.2, -0.15) is 0 Å². The maximum Gasteiger partial charge on any atom is 0.500 e. The molecule has 0 amide bonds. The van der Waals surface area contributed by atoms with E-state index in [0.717, 1.165) is 18.9 Å². The normalized spacial score (nSPS) is 12.5. The molecule has 0 radical (unpaired) electrons. The van der Waals surface area contributed by atoms with Crippen LogP contribution >= 0.6 is 0 Å². The molecule has 0 fully saturated rings. The summed E-state index contributed by atoms with van der Waals surface area (Å²) in [6, 6.07) is 1.50. The molecule has 0 spiro atoms. The molecule has 0 heterocycles. The van der Waals surface area contributed by atoms with Crippen LogP contribution < -0.4 is 5.73 Å². The Hall–Kier alpha value is -0.636. The van der Waals surface area contributed by atoms with Crippen molar-refractivity contribution in [2.24, 2.45) is 5.73 Å². The second kappa shape index (κ2) is 19.1. The Bertz CT molecular complexity index is 437. The van der Waals surface area contributed by atoms with Crippen LogP contribution in [0.15, 0.2) is 11.6 Å². The van der Waals surface area contributed by atoms with Gasteiger partial charge >= 0.3 is 23.6 Å². The summed E-state index contributed by atoms with van der Waals surface area (Å²) < 4.78 is 32.7. The van der Waals surface area contributed by atoms with Gasteiger partial charge in [-0.25, -0.2) is 4.79 Å². The molecule has 0 aromatic rings. The molecule has 180 valence electrons. The van der Waals surface area contributed by atoms with Crippen LogP contribution in [0.4, 0.5) is 0 Å². The standard InChI is InChI=1S/C10H20O5Si.C9H23NO3Si/c1-9(10(11)12)7-5-6-8-16(13-2,14-3)15-4;1-4-11-14(12-5-2,13-6-3)9-7-8-10/h7H,5-6,8H2,1-4H3,(H,11,12);4-10H2,1-3H3/b9-7+;. The van der Waals surface area contributed by atoms with Crippen molar-refractivity contribution in [1.82, 2.24) is 0 Å². The number of carbonyl (C=O) groups is 1. The highest BCUT2D eigenvalue weighted by molar-refractivity contribution is 6.61. The highest BCUT2D eigenvalue weighted by Crippen LogP contribution is 2.18. The molecule has 0 aromatic carbocycles. The maximum absolute atomic E-state index is 10.5. The van der Waals surface area contributed by atoms with Crippen molar-refractivity contribution in [3.05, 3.63) is 11.6 Å². The van der Waals surface area contributed by atoms with Crippen LogP contribution in [0.3, 0.4) is 0 Å². The number of carboxylic acids is 1. The summed E-state index contributed by atoms with van der Waals surface area (Å²) in [7, 11) is -0.189. The predicted molar refractivity (Wildman–Crippen MR) is 121 cm³/mol. The van der Waals surface area contributed by atoms with Gasteiger partial charge in [-0.3, -0.25) is 0 Å². The Morgan fingerprint density at radius 2 is 1.30 bits per heavy atom. The lowest BCUT2D eigenvalue weighted by Gasteiger charge is -2.28. The van der Waals surface area contributed by atoms with Crippen LogP contribution in [0.2, 0.25) is 12.1 Å². The molecule has 9 nitrogen and oxygen atoms in total. The zero-order valence-electron chi connectivity index (χ0n) is 19.8. The minimum atomic E-state index is -2.49. The number of aliphatic carboxylic acids is 1. The number of hydrogen-bond donors (Lipinski definition) is 2. The first-order chi connectivity index (χ1) is 14.3. The predicted octanol–water partition coefficient (Wildman–Crippen LogP) is 3.06. The first-order valence-corrected chi connectivity index (χ1v) is 14.3. The van der Waals surface area contributed by atoms with Gasteiger partial charge in [0.05, 0.1) is 0 Å². The Kier molecular flexibility index (Phi) is 20.1. The van der Waals surface area contributed by atoms with E-state index in [9.17, 15) is 4.79 Å². The summed E-state index contributed by atoms with van der Waals surface area (Å²) in [4.78, 5) is 10.5. The molecular formula is C19H43NO8Si2. The average molecular weight is 470 g/mol. The van der Waals surface area contributed by atoms with Crippen molar-refractivity contribution >= 4 is 23.6 Å². The molecule has 0 saturated carbocycles. The third-order valence-electron chi connectivity index (χ3n) is 4.19. The largest absolute Gasteiger partial charge is 0.500 e. The second-order valence-electron chi connectivity index (χ2n) is 6.25. The molecule has 0 aliphatic rings. The lowest BCUT2D eigenvalue weighted by Crippen LogP contribution is -2.46. The fourth-order valence-corrected chi connectivity index (χ4v) is 6.99. The average Bonchev–Trinajstić information content (AvgIpc) is 2.74. The quantitative estimate of drug-likeness (QED) is 0.188. The zero-order valence-corrected chi connectivity index (χ0v) is 21.8. The third kappa shape index (κ3) is 13.6. The van der Waals surface area contributed by atoms with E-state index < -0.39 is 23.6 Å². The van der Waals surface area contributed by atoms with E-state index in [1.165, 1.54) is 0 Å². The van der Waals surface area contributed by atoms with Crippen LogP contribution in [0.1, 0.15) is 47.0 Å². The van der Waals surface area contributed by atoms with Crippen LogP contribution in [0.5, 0.6) is 0 Å². The molecule has 30 heavy (non-hydrogen) atoms. The first-order valence-electron chi connectivity index (χ1n) is 10.4. The molecule has 0 aromatic heterocycles. The van der Waals surface area contributed by atoms with E-state index in [4.69, 9.17) is 37.4 Å². The van der Waals surface area contributed by atoms with E-state index in [1.54, 1.807) is 34.3 Å². The number of hydrogen-bond acceptors (Lipinski definition) is 8. The van der Waals surface area contributed by atoms with Crippen molar-refractivity contribution in [2.45, 2.75) is 59.0 Å². The summed E-state index contributed by atoms with van der Waals surface area (Å²) >= 11 is 0. The summed E-state index contributed by atoms with van der Waals surface area (Å²) in [6.07, 6.45) is 4.06. The van der Waals surface area contributed by atoms with Crippen molar-refractivity contribution in [3.8, 4) is 0 Å². The molecule has 11 heteroatoms. The van der Waals surface area contributed by atoms with Gasteiger partial charge in [0, 0.05) is 58.8 Å².